The van der Waals surface area contributed by atoms with Crippen LogP contribution in [0.25, 0.3) is 0 Å². The maximum absolute atomic E-state index is 12.6. The lowest BCUT2D eigenvalue weighted by molar-refractivity contribution is -0.116. The van der Waals surface area contributed by atoms with E-state index in [1.807, 2.05) is 6.92 Å². The van der Waals surface area contributed by atoms with Crippen LogP contribution in [-0.4, -0.2) is 26.6 Å². The summed E-state index contributed by atoms with van der Waals surface area (Å²) in [5.74, 6) is -0.541. The van der Waals surface area contributed by atoms with Crippen molar-refractivity contribution in [1.29, 1.82) is 0 Å². The molecule has 0 bridgehead atoms. The first-order chi connectivity index (χ1) is 11.6. The Kier molecular flexibility index (Phi) is 5.98. The summed E-state index contributed by atoms with van der Waals surface area (Å²) >= 11 is 12.1. The number of halogens is 2. The molecule has 0 unspecified atom stereocenters. The molecule has 1 atom stereocenters. The number of carbonyl (C=O) groups is 1. The Bertz CT molecular complexity index is 863. The van der Waals surface area contributed by atoms with Crippen LogP contribution in [0.2, 0.25) is 10.0 Å². The number of aryl methyl sites for hydroxylation is 1. The van der Waals surface area contributed by atoms with Crippen molar-refractivity contribution in [1.82, 2.24) is 0 Å². The zero-order chi connectivity index (χ0) is 18.8. The lowest BCUT2D eigenvalue weighted by Gasteiger charge is -2.28. The molecule has 25 heavy (non-hydrogen) atoms. The smallest absolute Gasteiger partial charge is 0.248 e. The van der Waals surface area contributed by atoms with Crippen LogP contribution in [0.3, 0.4) is 0 Å². The molecule has 0 aromatic heterocycles. The molecule has 1 N–H and O–H groups in total. The summed E-state index contributed by atoms with van der Waals surface area (Å²) in [6.45, 7) is 3.39. The van der Waals surface area contributed by atoms with Crippen molar-refractivity contribution in [2.45, 2.75) is 19.9 Å². The van der Waals surface area contributed by atoms with E-state index >= 15 is 0 Å². The quantitative estimate of drug-likeness (QED) is 0.821. The minimum atomic E-state index is -3.68. The standard InChI is InChI=1S/C17H18Cl2N2O3S/c1-11-7-9-13(10-8-11)21(25(3,23)24)12(2)17(22)20-16-14(18)5-4-6-15(16)19/h4-10,12H,1-3H3,(H,20,22)/t12-/m0/s1. The summed E-state index contributed by atoms with van der Waals surface area (Å²) in [6, 6.07) is 10.7. The Morgan fingerprint density at radius 3 is 2.08 bits per heavy atom. The first-order valence-corrected chi connectivity index (χ1v) is 10.0. The average Bonchev–Trinajstić information content (AvgIpc) is 2.51. The number of nitrogens with one attached hydrogen (secondary N) is 1. The Balaban J connectivity index is 2.35. The van der Waals surface area contributed by atoms with Crippen LogP contribution < -0.4 is 9.62 Å². The monoisotopic (exact) mass is 400 g/mol. The van der Waals surface area contributed by atoms with Gasteiger partial charge in [-0.25, -0.2) is 8.42 Å². The molecule has 0 aliphatic rings. The van der Waals surface area contributed by atoms with Crippen molar-refractivity contribution >= 4 is 50.5 Å². The molecule has 2 aromatic rings. The minimum absolute atomic E-state index is 0.250. The highest BCUT2D eigenvalue weighted by Crippen LogP contribution is 2.30. The summed E-state index contributed by atoms with van der Waals surface area (Å²) in [5.41, 5.74) is 1.64. The van der Waals surface area contributed by atoms with E-state index in [1.54, 1.807) is 42.5 Å². The molecule has 0 radical (unpaired) electrons. The van der Waals surface area contributed by atoms with Crippen LogP contribution >= 0.6 is 23.2 Å². The largest absolute Gasteiger partial charge is 0.322 e. The van der Waals surface area contributed by atoms with E-state index in [4.69, 9.17) is 23.2 Å². The average molecular weight is 401 g/mol. The van der Waals surface area contributed by atoms with Crippen molar-refractivity contribution in [2.75, 3.05) is 15.9 Å². The number of rotatable bonds is 5. The van der Waals surface area contributed by atoms with Crippen molar-refractivity contribution in [3.8, 4) is 0 Å². The van der Waals surface area contributed by atoms with Gasteiger partial charge in [-0.2, -0.15) is 0 Å². The molecule has 0 aliphatic carbocycles. The Morgan fingerprint density at radius 2 is 1.60 bits per heavy atom. The highest BCUT2D eigenvalue weighted by atomic mass is 35.5. The number of anilines is 2. The van der Waals surface area contributed by atoms with Crippen LogP contribution in [0.15, 0.2) is 42.5 Å². The molecule has 1 amide bonds. The van der Waals surface area contributed by atoms with E-state index in [-0.39, 0.29) is 15.7 Å². The molecule has 8 heteroatoms. The van der Waals surface area contributed by atoms with Gasteiger partial charge in [0.25, 0.3) is 0 Å². The van der Waals surface area contributed by atoms with Gasteiger partial charge in [0, 0.05) is 0 Å². The third kappa shape index (κ3) is 4.66. The molecule has 134 valence electrons. The summed E-state index contributed by atoms with van der Waals surface area (Å²) in [4.78, 5) is 12.6. The van der Waals surface area contributed by atoms with Crippen LogP contribution in [0, 0.1) is 6.92 Å². The van der Waals surface area contributed by atoms with Crippen LogP contribution in [0.5, 0.6) is 0 Å². The van der Waals surface area contributed by atoms with Crippen molar-refractivity contribution in [3.05, 3.63) is 58.1 Å². The molecule has 0 spiro atoms. The van der Waals surface area contributed by atoms with Gasteiger partial charge in [-0.15, -0.1) is 0 Å². The van der Waals surface area contributed by atoms with E-state index in [2.05, 4.69) is 5.32 Å². The van der Waals surface area contributed by atoms with E-state index in [9.17, 15) is 13.2 Å². The number of benzene rings is 2. The fourth-order valence-corrected chi connectivity index (χ4v) is 4.01. The van der Waals surface area contributed by atoms with Gasteiger partial charge < -0.3 is 5.32 Å². The summed E-state index contributed by atoms with van der Waals surface area (Å²) < 4.78 is 25.5. The maximum atomic E-state index is 12.6. The predicted molar refractivity (Wildman–Crippen MR) is 103 cm³/mol. The van der Waals surface area contributed by atoms with E-state index in [1.165, 1.54) is 6.92 Å². The second kappa shape index (κ2) is 7.64. The third-order valence-corrected chi connectivity index (χ3v) is 5.46. The lowest BCUT2D eigenvalue weighted by atomic mass is 10.2. The van der Waals surface area contributed by atoms with Crippen molar-refractivity contribution < 1.29 is 13.2 Å². The molecule has 0 aliphatic heterocycles. The highest BCUT2D eigenvalue weighted by molar-refractivity contribution is 7.92. The normalized spacial score (nSPS) is 12.5. The highest BCUT2D eigenvalue weighted by Gasteiger charge is 2.29. The number of sulfonamides is 1. The number of nitrogens with zero attached hydrogens (tertiary/aromatic N) is 1. The third-order valence-electron chi connectivity index (χ3n) is 3.59. The number of hydrogen-bond donors (Lipinski definition) is 1. The molecule has 2 rings (SSSR count). The molecule has 0 saturated carbocycles. The SMILES string of the molecule is Cc1ccc(N([C@@H](C)C(=O)Nc2c(Cl)cccc2Cl)S(C)(=O)=O)cc1. The maximum Gasteiger partial charge on any atom is 0.248 e. The zero-order valence-electron chi connectivity index (χ0n) is 14.0. The number of hydrogen-bond acceptors (Lipinski definition) is 3. The molecule has 2 aromatic carbocycles. The number of para-hydroxylation sites is 1. The second-order valence-corrected chi connectivity index (χ2v) is 8.33. The zero-order valence-corrected chi connectivity index (χ0v) is 16.3. The van der Waals surface area contributed by atoms with Crippen molar-refractivity contribution in [2.24, 2.45) is 0 Å². The summed E-state index contributed by atoms with van der Waals surface area (Å²) in [7, 11) is -3.68. The molecular weight excluding hydrogens is 383 g/mol. The van der Waals surface area contributed by atoms with E-state index in [0.717, 1.165) is 16.1 Å². The van der Waals surface area contributed by atoms with Gasteiger partial charge in [0.15, 0.2) is 0 Å². The Hall–Kier alpha value is -1.76. The van der Waals surface area contributed by atoms with Gasteiger partial charge in [-0.3, -0.25) is 9.10 Å². The van der Waals surface area contributed by atoms with E-state index in [0.29, 0.717) is 5.69 Å². The second-order valence-electron chi connectivity index (χ2n) is 5.66. The fourth-order valence-electron chi connectivity index (χ4n) is 2.35. The predicted octanol–water partition coefficient (Wildman–Crippen LogP) is 4.10. The first-order valence-electron chi connectivity index (χ1n) is 7.42. The van der Waals surface area contributed by atoms with Gasteiger partial charge in [0.2, 0.25) is 15.9 Å². The van der Waals surface area contributed by atoms with Gasteiger partial charge in [-0.05, 0) is 38.1 Å². The first kappa shape index (κ1) is 19.6. The Labute approximate surface area is 157 Å². The van der Waals surface area contributed by atoms with Gasteiger partial charge >= 0.3 is 0 Å². The van der Waals surface area contributed by atoms with Gasteiger partial charge in [0.1, 0.15) is 6.04 Å². The van der Waals surface area contributed by atoms with E-state index < -0.39 is 22.0 Å². The number of amides is 1. The Morgan fingerprint density at radius 1 is 1.08 bits per heavy atom. The summed E-state index contributed by atoms with van der Waals surface area (Å²) in [5, 5.41) is 3.15. The van der Waals surface area contributed by atoms with Gasteiger partial charge in [-0.1, -0.05) is 47.0 Å². The lowest BCUT2D eigenvalue weighted by Crippen LogP contribution is -2.45. The fraction of sp³-hybridized carbons (Fsp3) is 0.235. The molecule has 0 saturated heterocycles. The molecule has 0 fully saturated rings. The van der Waals surface area contributed by atoms with Gasteiger partial charge in [0.05, 0.1) is 27.7 Å². The number of carbonyl (C=O) groups excluding carboxylic acids is 1. The minimum Gasteiger partial charge on any atom is -0.322 e. The topological polar surface area (TPSA) is 66.5 Å². The molecule has 5 nitrogen and oxygen atoms in total. The molecular formula is C17H18Cl2N2O3S. The van der Waals surface area contributed by atoms with Crippen molar-refractivity contribution in [3.63, 3.8) is 0 Å². The van der Waals surface area contributed by atoms with Crippen LogP contribution in [0.4, 0.5) is 11.4 Å². The summed E-state index contributed by atoms with van der Waals surface area (Å²) in [6.07, 6.45) is 1.05. The van der Waals surface area contributed by atoms with Crippen LogP contribution in [0.1, 0.15) is 12.5 Å². The molecule has 0 heterocycles. The van der Waals surface area contributed by atoms with Crippen LogP contribution in [-0.2, 0) is 14.8 Å².